The molecule has 0 spiro atoms. The molecule has 2 aromatic carbocycles. The number of rotatable bonds is 84. The van der Waals surface area contributed by atoms with Crippen LogP contribution in [0.25, 0.3) is 22.5 Å². The number of carbonyl (C=O) groups excluding carboxylic acids is 2. The molecular weight excluding hydrogens is 1410 g/mol. The largest absolute Gasteiger partial charge is 0.490 e. The van der Waals surface area contributed by atoms with Crippen molar-refractivity contribution < 1.29 is 80.6 Å². The van der Waals surface area contributed by atoms with Gasteiger partial charge in [0, 0.05) is 43.8 Å². The van der Waals surface area contributed by atoms with E-state index in [0.29, 0.717) is 156 Å². The maximum atomic E-state index is 14.3. The van der Waals surface area contributed by atoms with Gasteiger partial charge in [0.05, 0.1) is 137 Å². The van der Waals surface area contributed by atoms with Gasteiger partial charge in [0.2, 0.25) is 11.5 Å². The summed E-state index contributed by atoms with van der Waals surface area (Å²) in [4.78, 5) is 35.3. The quantitative estimate of drug-likeness (QED) is 0.0240. The Morgan fingerprint density at radius 3 is 0.712 bits per heavy atom. The van der Waals surface area contributed by atoms with E-state index in [1.807, 2.05) is 30.3 Å². The van der Waals surface area contributed by atoms with Gasteiger partial charge >= 0.3 is 0 Å². The van der Waals surface area contributed by atoms with Crippen molar-refractivity contribution >= 4 is 11.6 Å². The van der Waals surface area contributed by atoms with Crippen LogP contribution in [0.1, 0.15) is 318 Å². The fourth-order valence-electron chi connectivity index (χ4n) is 13.4. The lowest BCUT2D eigenvalue weighted by molar-refractivity contribution is 0.0146. The lowest BCUT2D eigenvalue weighted by Crippen LogP contribution is -2.15. The van der Waals surface area contributed by atoms with E-state index < -0.39 is 0 Å². The predicted octanol–water partition coefficient (Wildman–Crippen LogP) is 22.9. The highest BCUT2D eigenvalue weighted by Crippen LogP contribution is 2.44. The maximum Gasteiger partial charge on any atom is 0.203 e. The van der Waals surface area contributed by atoms with E-state index in [1.54, 1.807) is 39.5 Å². The third-order valence-corrected chi connectivity index (χ3v) is 20.1. The van der Waals surface area contributed by atoms with Crippen molar-refractivity contribution in [1.29, 1.82) is 0 Å². The summed E-state index contributed by atoms with van der Waals surface area (Å²) in [5, 5.41) is 0. The molecule has 0 amide bonds. The minimum Gasteiger partial charge on any atom is -0.490 e. The first-order valence-corrected chi connectivity index (χ1v) is 44.4. The lowest BCUT2D eigenvalue weighted by Gasteiger charge is -2.19. The van der Waals surface area contributed by atoms with E-state index in [-0.39, 0.29) is 63.3 Å². The van der Waals surface area contributed by atoms with Gasteiger partial charge in [0.15, 0.2) is 34.6 Å². The number of aromatic nitrogens is 2. The van der Waals surface area contributed by atoms with Crippen molar-refractivity contribution in [3.63, 3.8) is 0 Å². The average molecular weight is 1560 g/mol. The van der Waals surface area contributed by atoms with E-state index >= 15 is 0 Å². The number of hydrogen-bond acceptors (Lipinski definition) is 17. The molecule has 0 saturated heterocycles. The van der Waals surface area contributed by atoms with Crippen LogP contribution in [0.3, 0.4) is 0 Å². The van der Waals surface area contributed by atoms with Gasteiger partial charge in [0.1, 0.15) is 19.8 Å². The van der Waals surface area contributed by atoms with Crippen LogP contribution >= 0.6 is 0 Å². The first-order valence-electron chi connectivity index (χ1n) is 44.4. The SMILES string of the molecule is CCCCCCCCCCCCCCCCOc1cc(-c2ccc(C(=O)CC(=O)c3ccc(-c4cc(OCCOCCOCCOC)c(OCCOCCOCCOC)c(OCCOCCOCCOC)c4)[nH]3)[nH]2)cc(OCCCCCCCCCCCCCCCC)c1OCCCCCCCCCCCCCCCC. The average Bonchev–Trinajstić information content (AvgIpc) is 1.80. The molecule has 19 heteroatoms. The summed E-state index contributed by atoms with van der Waals surface area (Å²) in [5.74, 6) is 2.36. The molecule has 2 heterocycles. The van der Waals surface area contributed by atoms with Gasteiger partial charge in [-0.25, -0.2) is 0 Å². The number of hydrogen-bond donors (Lipinski definition) is 2. The zero-order chi connectivity index (χ0) is 79.0. The Hall–Kier alpha value is -5.22. The number of aromatic amines is 2. The van der Waals surface area contributed by atoms with E-state index in [4.69, 9.17) is 71.1 Å². The molecule has 636 valence electrons. The lowest BCUT2D eigenvalue weighted by atomic mass is 10.0. The number of ether oxygens (including phenoxy) is 15. The van der Waals surface area contributed by atoms with E-state index in [2.05, 4.69) is 30.7 Å². The number of nitrogens with one attached hydrogen (secondary N) is 2. The molecule has 111 heavy (non-hydrogen) atoms. The van der Waals surface area contributed by atoms with Crippen LogP contribution in [-0.2, 0) is 42.6 Å². The van der Waals surface area contributed by atoms with Gasteiger partial charge in [-0.15, -0.1) is 0 Å². The molecule has 0 radical (unpaired) electrons. The third-order valence-electron chi connectivity index (χ3n) is 20.1. The van der Waals surface area contributed by atoms with Crippen LogP contribution in [0.15, 0.2) is 48.5 Å². The van der Waals surface area contributed by atoms with Gasteiger partial charge in [-0.2, -0.15) is 0 Å². The highest BCUT2D eigenvalue weighted by Gasteiger charge is 2.23. The highest BCUT2D eigenvalue weighted by molar-refractivity contribution is 6.12. The number of ketones is 2. The topological polar surface area (TPSA) is 204 Å². The normalized spacial score (nSPS) is 11.5. The molecular formula is C92H156N2O17. The van der Waals surface area contributed by atoms with Crippen molar-refractivity contribution in [3.05, 3.63) is 59.9 Å². The first-order chi connectivity index (χ1) is 54.9. The fraction of sp³-hybridized carbons (Fsp3) is 0.761. The molecule has 0 unspecified atom stereocenters. The van der Waals surface area contributed by atoms with Crippen molar-refractivity contribution in [1.82, 2.24) is 9.97 Å². The van der Waals surface area contributed by atoms with Crippen LogP contribution in [0.2, 0.25) is 0 Å². The van der Waals surface area contributed by atoms with Gasteiger partial charge in [-0.3, -0.25) is 9.59 Å². The Bertz CT molecular complexity index is 2690. The Kier molecular flexibility index (Phi) is 63.1. The van der Waals surface area contributed by atoms with Gasteiger partial charge in [0.25, 0.3) is 0 Å². The fourth-order valence-corrected chi connectivity index (χ4v) is 13.4. The minimum absolute atomic E-state index is 0.178. The summed E-state index contributed by atoms with van der Waals surface area (Å²) in [5.41, 5.74) is 3.36. The Morgan fingerprint density at radius 1 is 0.243 bits per heavy atom. The second-order valence-corrected chi connectivity index (χ2v) is 29.7. The molecule has 0 fully saturated rings. The van der Waals surface area contributed by atoms with Crippen LogP contribution in [-0.4, -0.2) is 182 Å². The van der Waals surface area contributed by atoms with E-state index in [9.17, 15) is 9.59 Å². The standard InChI is InChI=1S/C92H156N2O17/c1-7-10-13-16-19-22-25-28-31-34-37-40-43-46-53-106-87-74-79(75-88(107-54-47-44-41-38-35-32-29-26-23-20-17-14-11-8-2)91(87)110-55-48-45-42-39-36-33-30-27-24-21-18-15-12-9-3)81-49-51-83(93-81)85(95)78-86(96)84-52-50-82(94-84)80-76-89(108-71-68-103-65-62-100-59-56-97-4)92(111-73-70-105-67-64-102-61-58-99-6)90(77-80)109-72-69-104-66-63-101-60-57-98-5/h49-52,74-77,93-94H,7-48,53-73,78H2,1-6H3. The number of benzene rings is 2. The molecule has 2 N–H and O–H groups in total. The monoisotopic (exact) mass is 1560 g/mol. The number of unbranched alkanes of at least 4 members (excludes halogenated alkanes) is 39. The van der Waals surface area contributed by atoms with Gasteiger partial charge in [-0.05, 0) is 67.8 Å². The van der Waals surface area contributed by atoms with E-state index in [1.165, 1.54) is 231 Å². The van der Waals surface area contributed by atoms with Crippen LogP contribution in [0, 0.1) is 0 Å². The van der Waals surface area contributed by atoms with Crippen molar-refractivity contribution in [2.45, 2.75) is 297 Å². The number of Topliss-reactive ketones (excluding diaryl/α,β-unsaturated/α-hetero) is 2. The summed E-state index contributed by atoms with van der Waals surface area (Å²) >= 11 is 0. The Morgan fingerprint density at radius 2 is 0.450 bits per heavy atom. The second-order valence-electron chi connectivity index (χ2n) is 29.7. The first kappa shape index (κ1) is 98.1. The van der Waals surface area contributed by atoms with Crippen molar-refractivity contribution in [3.8, 4) is 57.0 Å². The number of H-pyrrole nitrogens is 2. The van der Waals surface area contributed by atoms with Gasteiger partial charge < -0.3 is 81.0 Å². The molecule has 19 nitrogen and oxygen atoms in total. The van der Waals surface area contributed by atoms with E-state index in [0.717, 1.165) is 44.1 Å². The van der Waals surface area contributed by atoms with Crippen LogP contribution < -0.4 is 28.4 Å². The predicted molar refractivity (Wildman–Crippen MR) is 450 cm³/mol. The molecule has 4 rings (SSSR count). The minimum atomic E-state index is -0.376. The molecule has 0 aliphatic heterocycles. The smallest absolute Gasteiger partial charge is 0.203 e. The summed E-state index contributed by atoms with van der Waals surface area (Å²) in [7, 11) is 4.90. The zero-order valence-corrected chi connectivity index (χ0v) is 70.8. The molecule has 2 aromatic heterocycles. The number of methoxy groups -OCH3 is 3. The molecule has 4 aromatic rings. The van der Waals surface area contributed by atoms with Crippen molar-refractivity contribution in [2.75, 3.05) is 160 Å². The summed E-state index contributed by atoms with van der Waals surface area (Å²) < 4.78 is 89.1. The molecule has 0 saturated carbocycles. The summed E-state index contributed by atoms with van der Waals surface area (Å²) in [6.45, 7) is 15.2. The third kappa shape index (κ3) is 50.0. The molecule has 0 aliphatic rings. The molecule has 0 atom stereocenters. The second kappa shape index (κ2) is 71.3. The molecule has 0 aliphatic carbocycles. The summed E-state index contributed by atoms with van der Waals surface area (Å²) in [6, 6.07) is 14.9. The Balaban J connectivity index is 1.54. The highest BCUT2D eigenvalue weighted by atomic mass is 16.6. The van der Waals surface area contributed by atoms with Gasteiger partial charge in [-0.1, -0.05) is 271 Å². The van der Waals surface area contributed by atoms with Crippen LogP contribution in [0.4, 0.5) is 0 Å². The van der Waals surface area contributed by atoms with Crippen molar-refractivity contribution in [2.24, 2.45) is 0 Å². The summed E-state index contributed by atoms with van der Waals surface area (Å²) in [6.07, 6.45) is 53.7. The molecule has 0 bridgehead atoms. The number of carbonyl (C=O) groups is 2. The maximum absolute atomic E-state index is 14.3. The zero-order valence-electron chi connectivity index (χ0n) is 70.8. The van der Waals surface area contributed by atoms with Crippen LogP contribution in [0.5, 0.6) is 34.5 Å². The Labute approximate surface area is 672 Å².